The predicted octanol–water partition coefficient (Wildman–Crippen LogP) is 0.315. The Morgan fingerprint density at radius 3 is 2.70 bits per heavy atom. The number of β-amino-alcohol motifs (C(OH)–C–C–N with tert-alkyl or cyclic N) is 1. The molecule has 0 radical (unpaired) electrons. The van der Waals surface area contributed by atoms with E-state index in [0.717, 1.165) is 0 Å². The van der Waals surface area contributed by atoms with E-state index in [-0.39, 0.29) is 12.0 Å². The Morgan fingerprint density at radius 2 is 2.30 bits per heavy atom. The lowest BCUT2D eigenvalue weighted by Gasteiger charge is -2.27. The minimum absolute atomic E-state index is 0.00347. The standard InChI is InChI=1S/C7H14FNO/c1-5(8)6-2-7(10)4-9-3-6/h5-7,9-10H,2-4H2,1H3/t5-,6+,7-/m0/s1. The van der Waals surface area contributed by atoms with Gasteiger partial charge in [-0.05, 0) is 13.3 Å². The van der Waals surface area contributed by atoms with E-state index in [1.165, 1.54) is 0 Å². The minimum atomic E-state index is -0.803. The first-order valence-corrected chi connectivity index (χ1v) is 3.73. The SMILES string of the molecule is C[C@H](F)[C@H]1CNC[C@@H](O)C1. The van der Waals surface area contributed by atoms with Crippen molar-refractivity contribution in [3.05, 3.63) is 0 Å². The zero-order valence-corrected chi connectivity index (χ0v) is 6.18. The number of hydrogen-bond acceptors (Lipinski definition) is 2. The molecule has 3 heteroatoms. The van der Waals surface area contributed by atoms with Crippen LogP contribution < -0.4 is 5.32 Å². The third-order valence-electron chi connectivity index (χ3n) is 2.01. The van der Waals surface area contributed by atoms with Crippen LogP contribution in [0.15, 0.2) is 0 Å². The molecule has 0 unspecified atom stereocenters. The second-order valence-electron chi connectivity index (χ2n) is 2.99. The highest BCUT2D eigenvalue weighted by Crippen LogP contribution is 2.16. The maximum atomic E-state index is 12.6. The highest BCUT2D eigenvalue weighted by Gasteiger charge is 2.23. The third kappa shape index (κ3) is 1.92. The Hall–Kier alpha value is -0.150. The largest absolute Gasteiger partial charge is 0.392 e. The summed E-state index contributed by atoms with van der Waals surface area (Å²) >= 11 is 0. The van der Waals surface area contributed by atoms with Gasteiger partial charge >= 0.3 is 0 Å². The molecule has 1 heterocycles. The van der Waals surface area contributed by atoms with Crippen molar-refractivity contribution in [3.8, 4) is 0 Å². The van der Waals surface area contributed by atoms with E-state index in [2.05, 4.69) is 5.32 Å². The molecule has 3 atom stereocenters. The first kappa shape index (κ1) is 7.95. The molecule has 0 aromatic heterocycles. The molecule has 60 valence electrons. The van der Waals surface area contributed by atoms with Crippen LogP contribution in [0.5, 0.6) is 0 Å². The van der Waals surface area contributed by atoms with Gasteiger partial charge in [0.1, 0.15) is 6.17 Å². The Bertz CT molecular complexity index is 108. The van der Waals surface area contributed by atoms with Gasteiger partial charge in [0.25, 0.3) is 0 Å². The van der Waals surface area contributed by atoms with Crippen molar-refractivity contribution < 1.29 is 9.50 Å². The van der Waals surface area contributed by atoms with Crippen LogP contribution in [-0.4, -0.2) is 30.5 Å². The lowest BCUT2D eigenvalue weighted by atomic mass is 9.94. The quantitative estimate of drug-likeness (QED) is 0.559. The van der Waals surface area contributed by atoms with Crippen molar-refractivity contribution in [1.82, 2.24) is 5.32 Å². The van der Waals surface area contributed by atoms with E-state index in [1.54, 1.807) is 6.92 Å². The fourth-order valence-corrected chi connectivity index (χ4v) is 1.30. The zero-order chi connectivity index (χ0) is 7.56. The molecule has 0 spiro atoms. The van der Waals surface area contributed by atoms with Gasteiger partial charge in [0.2, 0.25) is 0 Å². The van der Waals surface area contributed by atoms with Gasteiger partial charge in [-0.2, -0.15) is 0 Å². The number of halogens is 1. The Morgan fingerprint density at radius 1 is 1.60 bits per heavy atom. The average Bonchev–Trinajstić information content (AvgIpc) is 1.88. The predicted molar refractivity (Wildman–Crippen MR) is 37.6 cm³/mol. The van der Waals surface area contributed by atoms with Gasteiger partial charge in [0.15, 0.2) is 0 Å². The molecule has 1 saturated heterocycles. The second kappa shape index (κ2) is 3.30. The van der Waals surface area contributed by atoms with Crippen LogP contribution in [0.2, 0.25) is 0 Å². The highest BCUT2D eigenvalue weighted by molar-refractivity contribution is 4.78. The van der Waals surface area contributed by atoms with Crippen molar-refractivity contribution in [2.24, 2.45) is 5.92 Å². The zero-order valence-electron chi connectivity index (χ0n) is 6.18. The molecule has 1 aliphatic heterocycles. The van der Waals surface area contributed by atoms with Gasteiger partial charge in [-0.25, -0.2) is 4.39 Å². The van der Waals surface area contributed by atoms with Crippen molar-refractivity contribution in [1.29, 1.82) is 0 Å². The van der Waals surface area contributed by atoms with Crippen LogP contribution in [-0.2, 0) is 0 Å². The van der Waals surface area contributed by atoms with Crippen molar-refractivity contribution >= 4 is 0 Å². The molecule has 0 saturated carbocycles. The van der Waals surface area contributed by atoms with Crippen LogP contribution in [0, 0.1) is 5.92 Å². The summed E-state index contributed by atoms with van der Waals surface area (Å²) in [6.07, 6.45) is -0.551. The summed E-state index contributed by atoms with van der Waals surface area (Å²) in [6, 6.07) is 0. The summed E-state index contributed by atoms with van der Waals surface area (Å²) in [6.45, 7) is 2.86. The Balaban J connectivity index is 2.32. The topological polar surface area (TPSA) is 32.3 Å². The Kier molecular flexibility index (Phi) is 2.63. The Labute approximate surface area is 60.4 Å². The van der Waals surface area contributed by atoms with Crippen LogP contribution in [0.25, 0.3) is 0 Å². The number of aliphatic hydroxyl groups is 1. The molecule has 1 rings (SSSR count). The van der Waals surface area contributed by atoms with E-state index in [1.807, 2.05) is 0 Å². The van der Waals surface area contributed by atoms with E-state index < -0.39 is 6.17 Å². The smallest absolute Gasteiger partial charge is 0.101 e. The van der Waals surface area contributed by atoms with Crippen molar-refractivity contribution in [2.45, 2.75) is 25.6 Å². The van der Waals surface area contributed by atoms with Gasteiger partial charge in [0, 0.05) is 19.0 Å². The molecular formula is C7H14FNO. The number of piperidine rings is 1. The van der Waals surface area contributed by atoms with Crippen LogP contribution in [0.3, 0.4) is 0 Å². The molecule has 2 N–H and O–H groups in total. The number of rotatable bonds is 1. The summed E-state index contributed by atoms with van der Waals surface area (Å²) in [5.74, 6) is 0.00347. The molecule has 1 aliphatic rings. The number of nitrogens with one attached hydrogen (secondary N) is 1. The van der Waals surface area contributed by atoms with E-state index in [0.29, 0.717) is 19.5 Å². The number of hydrogen-bond donors (Lipinski definition) is 2. The maximum absolute atomic E-state index is 12.6. The fraction of sp³-hybridized carbons (Fsp3) is 1.00. The van der Waals surface area contributed by atoms with Gasteiger partial charge in [-0.15, -0.1) is 0 Å². The number of aliphatic hydroxyl groups excluding tert-OH is 1. The normalized spacial score (nSPS) is 37.5. The molecule has 0 amide bonds. The van der Waals surface area contributed by atoms with Gasteiger partial charge in [0.05, 0.1) is 6.10 Å². The third-order valence-corrected chi connectivity index (χ3v) is 2.01. The van der Waals surface area contributed by atoms with Gasteiger partial charge in [-0.3, -0.25) is 0 Å². The fourth-order valence-electron chi connectivity index (χ4n) is 1.30. The molecule has 10 heavy (non-hydrogen) atoms. The lowest BCUT2D eigenvalue weighted by Crippen LogP contribution is -2.42. The molecule has 2 nitrogen and oxygen atoms in total. The monoisotopic (exact) mass is 147 g/mol. The maximum Gasteiger partial charge on any atom is 0.101 e. The summed E-state index contributed by atoms with van der Waals surface area (Å²) in [7, 11) is 0. The second-order valence-corrected chi connectivity index (χ2v) is 2.99. The van der Waals surface area contributed by atoms with Crippen molar-refractivity contribution in [3.63, 3.8) is 0 Å². The summed E-state index contributed by atoms with van der Waals surface area (Å²) in [5, 5.41) is 12.1. The van der Waals surface area contributed by atoms with E-state index >= 15 is 0 Å². The van der Waals surface area contributed by atoms with Crippen LogP contribution >= 0.6 is 0 Å². The molecule has 0 aliphatic carbocycles. The van der Waals surface area contributed by atoms with Gasteiger partial charge < -0.3 is 10.4 Å². The van der Waals surface area contributed by atoms with Gasteiger partial charge in [-0.1, -0.05) is 0 Å². The summed E-state index contributed by atoms with van der Waals surface area (Å²) in [5.41, 5.74) is 0. The first-order chi connectivity index (χ1) is 4.70. The molecular weight excluding hydrogens is 133 g/mol. The summed E-state index contributed by atoms with van der Waals surface area (Å²) < 4.78 is 12.6. The molecule has 0 bridgehead atoms. The average molecular weight is 147 g/mol. The molecule has 1 fully saturated rings. The van der Waals surface area contributed by atoms with Crippen LogP contribution in [0.4, 0.5) is 4.39 Å². The van der Waals surface area contributed by atoms with E-state index in [4.69, 9.17) is 5.11 Å². The highest BCUT2D eigenvalue weighted by atomic mass is 19.1. The lowest BCUT2D eigenvalue weighted by molar-refractivity contribution is 0.0842. The van der Waals surface area contributed by atoms with Crippen molar-refractivity contribution in [2.75, 3.05) is 13.1 Å². The van der Waals surface area contributed by atoms with Crippen LogP contribution in [0.1, 0.15) is 13.3 Å². The van der Waals surface area contributed by atoms with E-state index in [9.17, 15) is 4.39 Å². The summed E-state index contributed by atoms with van der Waals surface area (Å²) in [4.78, 5) is 0. The molecule has 0 aromatic carbocycles. The molecule has 0 aromatic rings. The first-order valence-electron chi connectivity index (χ1n) is 3.73. The number of alkyl halides is 1. The minimum Gasteiger partial charge on any atom is -0.392 e.